The van der Waals surface area contributed by atoms with Gasteiger partial charge in [0, 0.05) is 27.2 Å². The van der Waals surface area contributed by atoms with Gasteiger partial charge in [-0.25, -0.2) is 0 Å². The Kier molecular flexibility index (Phi) is 7.43. The van der Waals surface area contributed by atoms with Crippen LogP contribution in [-0.2, 0) is 11.0 Å². The number of amides is 2. The van der Waals surface area contributed by atoms with Gasteiger partial charge in [-0.2, -0.15) is 13.2 Å². The van der Waals surface area contributed by atoms with Crippen molar-refractivity contribution in [1.29, 1.82) is 0 Å². The molecule has 0 heterocycles. The minimum absolute atomic E-state index is 0.0106. The van der Waals surface area contributed by atoms with Gasteiger partial charge in [-0.15, -0.1) is 23.2 Å². The lowest BCUT2D eigenvalue weighted by Crippen LogP contribution is -2.18. The van der Waals surface area contributed by atoms with E-state index in [1.807, 2.05) is 0 Å². The molecule has 2 unspecified atom stereocenters. The van der Waals surface area contributed by atoms with E-state index >= 15 is 0 Å². The summed E-state index contributed by atoms with van der Waals surface area (Å²) < 4.78 is 36.9. The number of halogens is 8. The monoisotopic (exact) mass is 594 g/mol. The molecule has 3 aromatic rings. The van der Waals surface area contributed by atoms with Crippen LogP contribution in [0.3, 0.4) is 0 Å². The lowest BCUT2D eigenvalue weighted by atomic mass is 10.1. The molecule has 1 saturated carbocycles. The summed E-state index contributed by atoms with van der Waals surface area (Å²) in [6.07, 6.45) is -4.52. The summed E-state index contributed by atoms with van der Waals surface area (Å²) in [6, 6.07) is 12.8. The Labute approximate surface area is 228 Å². The molecule has 2 amide bonds. The Balaban J connectivity index is 1.47. The van der Waals surface area contributed by atoms with Crippen LogP contribution in [0.15, 0.2) is 60.7 Å². The first kappa shape index (κ1) is 26.9. The van der Waals surface area contributed by atoms with E-state index in [0.29, 0.717) is 15.6 Å². The zero-order valence-corrected chi connectivity index (χ0v) is 21.5. The number of anilines is 2. The zero-order chi connectivity index (χ0) is 26.4. The highest BCUT2D eigenvalue weighted by atomic mass is 35.5. The molecule has 0 saturated heterocycles. The molecule has 1 fully saturated rings. The van der Waals surface area contributed by atoms with Crippen molar-refractivity contribution in [3.8, 4) is 0 Å². The average Bonchev–Trinajstić information content (AvgIpc) is 3.37. The van der Waals surface area contributed by atoms with E-state index in [1.54, 1.807) is 18.2 Å². The van der Waals surface area contributed by atoms with E-state index in [0.717, 1.165) is 24.3 Å². The number of alkyl halides is 5. The van der Waals surface area contributed by atoms with Crippen LogP contribution < -0.4 is 10.6 Å². The second kappa shape index (κ2) is 9.95. The standard InChI is InChI=1S/C24H14Cl5F3N2O2/c25-14-7-12(8-15(26)9-14)19-20(23(19,28)29)22(36)33-16-5-6-17(27)18(10-16)34-21(35)11-1-3-13(4-2-11)24(30,31)32/h1-10,19-20H,(H,33,36)(H,34,35). The summed E-state index contributed by atoms with van der Waals surface area (Å²) in [5.41, 5.74) is 0.138. The minimum Gasteiger partial charge on any atom is -0.326 e. The Hall–Kier alpha value is -2.16. The summed E-state index contributed by atoms with van der Waals surface area (Å²) in [5.74, 6) is -2.53. The summed E-state index contributed by atoms with van der Waals surface area (Å²) in [7, 11) is 0. The zero-order valence-electron chi connectivity index (χ0n) is 17.8. The van der Waals surface area contributed by atoms with Gasteiger partial charge in [0.05, 0.1) is 22.2 Å². The molecule has 188 valence electrons. The van der Waals surface area contributed by atoms with Gasteiger partial charge >= 0.3 is 6.18 Å². The van der Waals surface area contributed by atoms with Crippen LogP contribution in [0.4, 0.5) is 24.5 Å². The molecule has 4 nitrogen and oxygen atoms in total. The molecule has 2 atom stereocenters. The molecule has 3 aromatic carbocycles. The Bertz CT molecular complexity index is 1330. The first-order chi connectivity index (χ1) is 16.8. The summed E-state index contributed by atoms with van der Waals surface area (Å²) >= 11 is 31.0. The van der Waals surface area contributed by atoms with Gasteiger partial charge in [0.25, 0.3) is 5.91 Å². The first-order valence-electron chi connectivity index (χ1n) is 10.2. The van der Waals surface area contributed by atoms with Crippen LogP contribution in [0.2, 0.25) is 15.1 Å². The molecule has 2 N–H and O–H groups in total. The van der Waals surface area contributed by atoms with E-state index in [1.165, 1.54) is 18.2 Å². The third kappa shape index (κ3) is 5.71. The third-order valence-electron chi connectivity index (χ3n) is 5.54. The Morgan fingerprint density at radius 2 is 1.44 bits per heavy atom. The fourth-order valence-electron chi connectivity index (χ4n) is 3.75. The Morgan fingerprint density at radius 1 is 0.833 bits per heavy atom. The highest BCUT2D eigenvalue weighted by Gasteiger charge is 2.67. The minimum atomic E-state index is -4.52. The molecule has 12 heteroatoms. The molecule has 0 radical (unpaired) electrons. The third-order valence-corrected chi connectivity index (χ3v) is 7.24. The van der Waals surface area contributed by atoms with Gasteiger partial charge < -0.3 is 10.6 Å². The highest BCUT2D eigenvalue weighted by Crippen LogP contribution is 2.65. The van der Waals surface area contributed by atoms with Crippen LogP contribution >= 0.6 is 58.0 Å². The van der Waals surface area contributed by atoms with Crippen LogP contribution in [0.1, 0.15) is 27.4 Å². The lowest BCUT2D eigenvalue weighted by Gasteiger charge is -2.12. The van der Waals surface area contributed by atoms with Gasteiger partial charge in [-0.3, -0.25) is 9.59 Å². The number of hydrogen-bond acceptors (Lipinski definition) is 2. The number of carbonyl (C=O) groups is 2. The van der Waals surface area contributed by atoms with E-state index < -0.39 is 39.7 Å². The first-order valence-corrected chi connectivity index (χ1v) is 12.1. The number of carbonyl (C=O) groups excluding carboxylic acids is 2. The molecule has 1 aliphatic carbocycles. The molecule has 0 aliphatic heterocycles. The molecular weight excluding hydrogens is 583 g/mol. The van der Waals surface area contributed by atoms with Crippen LogP contribution in [0.25, 0.3) is 0 Å². The van der Waals surface area contributed by atoms with Gasteiger partial charge in [0.2, 0.25) is 5.91 Å². The maximum absolute atomic E-state index is 12.9. The van der Waals surface area contributed by atoms with Crippen LogP contribution in [0, 0.1) is 5.92 Å². The predicted molar refractivity (Wildman–Crippen MR) is 137 cm³/mol. The van der Waals surface area contributed by atoms with E-state index in [-0.39, 0.29) is 22.0 Å². The lowest BCUT2D eigenvalue weighted by molar-refractivity contribution is -0.137. The molecule has 36 heavy (non-hydrogen) atoms. The van der Waals surface area contributed by atoms with Crippen molar-refractivity contribution in [1.82, 2.24) is 0 Å². The van der Waals surface area contributed by atoms with Crippen molar-refractivity contribution in [3.05, 3.63) is 92.4 Å². The number of benzene rings is 3. The van der Waals surface area contributed by atoms with Crippen molar-refractivity contribution < 1.29 is 22.8 Å². The molecule has 0 aromatic heterocycles. The van der Waals surface area contributed by atoms with E-state index in [9.17, 15) is 22.8 Å². The van der Waals surface area contributed by atoms with Gasteiger partial charge in [-0.05, 0) is 66.2 Å². The van der Waals surface area contributed by atoms with Crippen molar-refractivity contribution >= 4 is 81.2 Å². The van der Waals surface area contributed by atoms with Crippen molar-refractivity contribution in [3.63, 3.8) is 0 Å². The second-order valence-electron chi connectivity index (χ2n) is 8.05. The SMILES string of the molecule is O=C(Nc1cc(NC(=O)C2C(c3cc(Cl)cc(Cl)c3)C2(Cl)Cl)ccc1Cl)c1ccc(C(F)(F)F)cc1. The maximum Gasteiger partial charge on any atom is 0.416 e. The largest absolute Gasteiger partial charge is 0.416 e. The summed E-state index contributed by atoms with van der Waals surface area (Å²) in [4.78, 5) is 25.5. The number of nitrogens with one attached hydrogen (secondary N) is 2. The molecule has 0 spiro atoms. The van der Waals surface area contributed by atoms with Crippen LogP contribution in [0.5, 0.6) is 0 Å². The fourth-order valence-corrected chi connectivity index (χ4v) is 5.28. The Morgan fingerprint density at radius 3 is 2.03 bits per heavy atom. The number of hydrogen-bond donors (Lipinski definition) is 2. The highest BCUT2D eigenvalue weighted by molar-refractivity contribution is 6.53. The second-order valence-corrected chi connectivity index (χ2v) is 10.8. The average molecular weight is 597 g/mol. The molecule has 1 aliphatic rings. The van der Waals surface area contributed by atoms with Crippen LogP contribution in [-0.4, -0.2) is 16.1 Å². The van der Waals surface area contributed by atoms with E-state index in [2.05, 4.69) is 10.6 Å². The summed E-state index contributed by atoms with van der Waals surface area (Å²) in [5, 5.41) is 6.10. The summed E-state index contributed by atoms with van der Waals surface area (Å²) in [6.45, 7) is 0. The van der Waals surface area contributed by atoms with Gasteiger partial charge in [-0.1, -0.05) is 34.8 Å². The molecular formula is C24H14Cl5F3N2O2. The normalized spacial score (nSPS) is 18.4. The van der Waals surface area contributed by atoms with Crippen molar-refractivity contribution in [2.75, 3.05) is 10.6 Å². The van der Waals surface area contributed by atoms with Crippen molar-refractivity contribution in [2.24, 2.45) is 5.92 Å². The maximum atomic E-state index is 12.9. The molecule has 0 bridgehead atoms. The number of rotatable bonds is 5. The van der Waals surface area contributed by atoms with E-state index in [4.69, 9.17) is 58.0 Å². The fraction of sp³-hybridized carbons (Fsp3) is 0.167. The quantitative estimate of drug-likeness (QED) is 0.291. The van der Waals surface area contributed by atoms with Gasteiger partial charge in [0.1, 0.15) is 4.33 Å². The molecule has 4 rings (SSSR count). The smallest absolute Gasteiger partial charge is 0.326 e. The topological polar surface area (TPSA) is 58.2 Å². The predicted octanol–water partition coefficient (Wildman–Crippen LogP) is 8.44. The van der Waals surface area contributed by atoms with Gasteiger partial charge in [0.15, 0.2) is 0 Å². The van der Waals surface area contributed by atoms with Crippen molar-refractivity contribution in [2.45, 2.75) is 16.4 Å².